The molecule has 1 saturated heterocycles. The molecule has 1 aromatic heterocycles. The number of hydrogen-bond donors (Lipinski definition) is 0. The van der Waals surface area contributed by atoms with Crippen LogP contribution in [-0.2, 0) is 12.6 Å². The third-order valence-corrected chi connectivity index (χ3v) is 4.80. The van der Waals surface area contributed by atoms with E-state index in [1.807, 2.05) is 13.8 Å². The van der Waals surface area contributed by atoms with Gasteiger partial charge in [-0.25, -0.2) is 0 Å². The largest absolute Gasteiger partial charge is 0.416 e. The Bertz CT molecular complexity index is 793. The first-order valence-corrected chi connectivity index (χ1v) is 9.03. The maximum atomic E-state index is 12.8. The first-order valence-electron chi connectivity index (χ1n) is 9.03. The third-order valence-electron chi connectivity index (χ3n) is 4.80. The average Bonchev–Trinajstić information content (AvgIpc) is 3.10. The number of carbonyl (C=O) groups excluding carboxylic acids is 1. The van der Waals surface area contributed by atoms with Crippen molar-refractivity contribution in [3.8, 4) is 0 Å². The van der Waals surface area contributed by atoms with Crippen molar-refractivity contribution in [1.82, 2.24) is 15.0 Å². The predicted octanol–water partition coefficient (Wildman–Crippen LogP) is 4.31. The lowest BCUT2D eigenvalue weighted by molar-refractivity contribution is -0.137. The molecule has 8 heteroatoms. The molecule has 146 valence electrons. The van der Waals surface area contributed by atoms with Crippen molar-refractivity contribution in [2.24, 2.45) is 5.92 Å². The van der Waals surface area contributed by atoms with Gasteiger partial charge in [-0.3, -0.25) is 4.79 Å². The SMILES string of the molecule is CC(C)c1noc(CC2CCN(C(=O)c3cccc(C(F)(F)F)c3)CC2)n1. The van der Waals surface area contributed by atoms with Crippen LogP contribution in [0.15, 0.2) is 28.8 Å². The fourth-order valence-electron chi connectivity index (χ4n) is 3.18. The van der Waals surface area contributed by atoms with Crippen LogP contribution in [0.3, 0.4) is 0 Å². The van der Waals surface area contributed by atoms with Gasteiger partial charge in [0, 0.05) is 31.0 Å². The van der Waals surface area contributed by atoms with Crippen molar-refractivity contribution in [2.45, 2.75) is 45.2 Å². The molecule has 1 fully saturated rings. The lowest BCUT2D eigenvalue weighted by Crippen LogP contribution is -2.39. The van der Waals surface area contributed by atoms with Crippen LogP contribution in [-0.4, -0.2) is 34.0 Å². The van der Waals surface area contributed by atoms with Crippen molar-refractivity contribution in [3.05, 3.63) is 47.1 Å². The number of amides is 1. The molecule has 0 N–H and O–H groups in total. The molecule has 0 saturated carbocycles. The third kappa shape index (κ3) is 4.67. The number of rotatable bonds is 4. The molecule has 2 aromatic rings. The summed E-state index contributed by atoms with van der Waals surface area (Å²) in [6.07, 6.45) is -2.29. The number of halogens is 3. The van der Waals surface area contributed by atoms with E-state index >= 15 is 0 Å². The Morgan fingerprint density at radius 3 is 2.59 bits per heavy atom. The number of piperidine rings is 1. The summed E-state index contributed by atoms with van der Waals surface area (Å²) in [6, 6.07) is 4.58. The number of aromatic nitrogens is 2. The fourth-order valence-corrected chi connectivity index (χ4v) is 3.18. The summed E-state index contributed by atoms with van der Waals surface area (Å²) in [5.41, 5.74) is -0.734. The van der Waals surface area contributed by atoms with Crippen molar-refractivity contribution >= 4 is 5.91 Å². The Morgan fingerprint density at radius 1 is 1.30 bits per heavy atom. The molecular formula is C19H22F3N3O2. The van der Waals surface area contributed by atoms with Gasteiger partial charge in [-0.15, -0.1) is 0 Å². The molecule has 0 spiro atoms. The van der Waals surface area contributed by atoms with Crippen LogP contribution in [0, 0.1) is 5.92 Å². The van der Waals surface area contributed by atoms with E-state index in [0.29, 0.717) is 37.1 Å². The topological polar surface area (TPSA) is 59.2 Å². The molecule has 1 amide bonds. The van der Waals surface area contributed by atoms with Crippen LogP contribution in [0.1, 0.15) is 60.2 Å². The molecule has 0 radical (unpaired) electrons. The Hall–Kier alpha value is -2.38. The van der Waals surface area contributed by atoms with Gasteiger partial charge in [0.2, 0.25) is 5.89 Å². The van der Waals surface area contributed by atoms with Gasteiger partial charge in [0.25, 0.3) is 5.91 Å². The van der Waals surface area contributed by atoms with E-state index in [9.17, 15) is 18.0 Å². The molecule has 2 heterocycles. The minimum absolute atomic E-state index is 0.0711. The van der Waals surface area contributed by atoms with Crippen LogP contribution in [0.2, 0.25) is 0 Å². The van der Waals surface area contributed by atoms with Gasteiger partial charge in [0.05, 0.1) is 5.56 Å². The van der Waals surface area contributed by atoms with Crippen LogP contribution in [0.5, 0.6) is 0 Å². The second kappa shape index (κ2) is 7.70. The van der Waals surface area contributed by atoms with E-state index in [0.717, 1.165) is 25.0 Å². The van der Waals surface area contributed by atoms with Crippen LogP contribution >= 0.6 is 0 Å². The Balaban J connectivity index is 1.58. The zero-order valence-corrected chi connectivity index (χ0v) is 15.3. The minimum Gasteiger partial charge on any atom is -0.339 e. The molecule has 0 atom stereocenters. The van der Waals surface area contributed by atoms with Gasteiger partial charge in [0.15, 0.2) is 5.82 Å². The van der Waals surface area contributed by atoms with Gasteiger partial charge >= 0.3 is 6.18 Å². The molecule has 0 unspecified atom stereocenters. The van der Waals surface area contributed by atoms with Crippen LogP contribution in [0.25, 0.3) is 0 Å². The highest BCUT2D eigenvalue weighted by Gasteiger charge is 2.32. The molecular weight excluding hydrogens is 359 g/mol. The average molecular weight is 381 g/mol. The highest BCUT2D eigenvalue weighted by Crippen LogP contribution is 2.30. The number of benzene rings is 1. The number of nitrogens with zero attached hydrogens (tertiary/aromatic N) is 3. The quantitative estimate of drug-likeness (QED) is 0.792. The standard InChI is InChI=1S/C19H22F3N3O2/c1-12(2)17-23-16(27-24-17)10-13-6-8-25(9-7-13)18(26)14-4-3-5-15(11-14)19(20,21)22/h3-5,11-13H,6-10H2,1-2H3. The fraction of sp³-hybridized carbons (Fsp3) is 0.526. The van der Waals surface area contributed by atoms with Gasteiger partial charge in [-0.05, 0) is 37.0 Å². The molecule has 1 aliphatic heterocycles. The molecule has 27 heavy (non-hydrogen) atoms. The summed E-state index contributed by atoms with van der Waals surface area (Å²) in [4.78, 5) is 18.5. The summed E-state index contributed by atoms with van der Waals surface area (Å²) in [5.74, 6) is 1.44. The molecule has 0 bridgehead atoms. The van der Waals surface area contributed by atoms with Crippen molar-refractivity contribution < 1.29 is 22.5 Å². The zero-order chi connectivity index (χ0) is 19.6. The smallest absolute Gasteiger partial charge is 0.339 e. The molecule has 3 rings (SSSR count). The Labute approximate surface area is 155 Å². The summed E-state index contributed by atoms with van der Waals surface area (Å²) >= 11 is 0. The van der Waals surface area contributed by atoms with E-state index in [-0.39, 0.29) is 17.4 Å². The van der Waals surface area contributed by atoms with Crippen LogP contribution < -0.4 is 0 Å². The lowest BCUT2D eigenvalue weighted by atomic mass is 9.93. The highest BCUT2D eigenvalue weighted by atomic mass is 19.4. The zero-order valence-electron chi connectivity index (χ0n) is 15.3. The van der Waals surface area contributed by atoms with E-state index in [4.69, 9.17) is 4.52 Å². The second-order valence-corrected chi connectivity index (χ2v) is 7.22. The van der Waals surface area contributed by atoms with Crippen molar-refractivity contribution in [2.75, 3.05) is 13.1 Å². The Morgan fingerprint density at radius 2 is 2.00 bits per heavy atom. The maximum Gasteiger partial charge on any atom is 0.416 e. The van der Waals surface area contributed by atoms with E-state index in [1.165, 1.54) is 12.1 Å². The van der Waals surface area contributed by atoms with E-state index in [1.54, 1.807) is 4.90 Å². The van der Waals surface area contributed by atoms with Crippen molar-refractivity contribution in [3.63, 3.8) is 0 Å². The van der Waals surface area contributed by atoms with Gasteiger partial charge in [-0.1, -0.05) is 25.1 Å². The number of alkyl halides is 3. The van der Waals surface area contributed by atoms with E-state index < -0.39 is 11.7 Å². The summed E-state index contributed by atoms with van der Waals surface area (Å²) in [5, 5.41) is 3.95. The normalized spacial score (nSPS) is 16.1. The van der Waals surface area contributed by atoms with Gasteiger partial charge in [-0.2, -0.15) is 18.2 Å². The predicted molar refractivity (Wildman–Crippen MR) is 92.2 cm³/mol. The Kier molecular flexibility index (Phi) is 5.53. The molecule has 1 aromatic carbocycles. The molecule has 0 aliphatic carbocycles. The van der Waals surface area contributed by atoms with Crippen molar-refractivity contribution in [1.29, 1.82) is 0 Å². The number of carbonyl (C=O) groups is 1. The monoisotopic (exact) mass is 381 g/mol. The summed E-state index contributed by atoms with van der Waals surface area (Å²) < 4.78 is 43.8. The molecule has 1 aliphatic rings. The summed E-state index contributed by atoms with van der Waals surface area (Å²) in [7, 11) is 0. The maximum absolute atomic E-state index is 12.8. The van der Waals surface area contributed by atoms with Gasteiger partial charge < -0.3 is 9.42 Å². The molecule has 5 nitrogen and oxygen atoms in total. The number of likely N-dealkylation sites (tertiary alicyclic amines) is 1. The first kappa shape index (κ1) is 19.4. The first-order chi connectivity index (χ1) is 12.7. The minimum atomic E-state index is -4.46. The lowest BCUT2D eigenvalue weighted by Gasteiger charge is -2.31. The number of hydrogen-bond acceptors (Lipinski definition) is 4. The van der Waals surface area contributed by atoms with E-state index in [2.05, 4.69) is 10.1 Å². The summed E-state index contributed by atoms with van der Waals surface area (Å²) in [6.45, 7) is 4.99. The van der Waals surface area contributed by atoms with Gasteiger partial charge in [0.1, 0.15) is 0 Å². The second-order valence-electron chi connectivity index (χ2n) is 7.22. The van der Waals surface area contributed by atoms with Crippen LogP contribution in [0.4, 0.5) is 13.2 Å². The highest BCUT2D eigenvalue weighted by molar-refractivity contribution is 5.94.